The van der Waals surface area contributed by atoms with Crippen molar-refractivity contribution in [1.82, 2.24) is 0 Å². The molecule has 0 aliphatic rings. The van der Waals surface area contributed by atoms with E-state index in [1.165, 1.54) is 18.2 Å². The van der Waals surface area contributed by atoms with Gasteiger partial charge in [-0.3, -0.25) is 4.79 Å². The fourth-order valence-corrected chi connectivity index (χ4v) is 1.92. The summed E-state index contributed by atoms with van der Waals surface area (Å²) in [4.78, 5) is 23.9. The maximum absolute atomic E-state index is 13.2. The van der Waals surface area contributed by atoms with Crippen LogP contribution in [0.3, 0.4) is 0 Å². The fourth-order valence-electron chi connectivity index (χ4n) is 1.92. The van der Waals surface area contributed by atoms with Crippen LogP contribution in [0, 0.1) is 12.7 Å². The molecule has 1 amide bonds. The lowest BCUT2D eigenvalue weighted by Crippen LogP contribution is -2.14. The van der Waals surface area contributed by atoms with Crippen molar-refractivity contribution >= 4 is 17.6 Å². The Morgan fingerprint density at radius 3 is 2.59 bits per heavy atom. The molecular formula is C17H16FNO3. The Bertz CT molecular complexity index is 713. The topological polar surface area (TPSA) is 55.4 Å². The number of carbonyl (C=O) groups excluding carboxylic acids is 2. The number of esters is 1. The third-order valence-electron chi connectivity index (χ3n) is 3.08. The van der Waals surface area contributed by atoms with E-state index in [0.717, 1.165) is 11.6 Å². The van der Waals surface area contributed by atoms with E-state index in [-0.39, 0.29) is 12.2 Å². The molecule has 0 saturated carbocycles. The van der Waals surface area contributed by atoms with E-state index in [1.807, 2.05) is 0 Å². The van der Waals surface area contributed by atoms with Crippen LogP contribution in [0.25, 0.3) is 0 Å². The summed E-state index contributed by atoms with van der Waals surface area (Å²) in [5.74, 6) is -1.38. The van der Waals surface area contributed by atoms with Crippen molar-refractivity contribution in [3.8, 4) is 0 Å². The monoisotopic (exact) mass is 301 g/mol. The summed E-state index contributed by atoms with van der Waals surface area (Å²) in [6, 6.07) is 10.3. The molecule has 0 unspecified atom stereocenters. The number of ether oxygens (including phenoxy) is 1. The Hall–Kier alpha value is -2.69. The third kappa shape index (κ3) is 3.69. The van der Waals surface area contributed by atoms with Gasteiger partial charge >= 0.3 is 5.97 Å². The molecule has 22 heavy (non-hydrogen) atoms. The Kier molecular flexibility index (Phi) is 4.88. The molecular weight excluding hydrogens is 285 g/mol. The zero-order valence-electron chi connectivity index (χ0n) is 12.4. The number of carbonyl (C=O) groups is 2. The minimum absolute atomic E-state index is 0.209. The summed E-state index contributed by atoms with van der Waals surface area (Å²) in [6.07, 6.45) is 0. The zero-order valence-corrected chi connectivity index (χ0v) is 12.4. The number of anilines is 1. The van der Waals surface area contributed by atoms with Crippen molar-refractivity contribution in [3.05, 3.63) is 65.0 Å². The molecule has 0 bridgehead atoms. The standard InChI is InChI=1S/C17H16FNO3/c1-3-22-17(21)13-8-7-11(2)15(10-13)19-16(20)12-5-4-6-14(18)9-12/h4-10H,3H2,1-2H3,(H,19,20). The smallest absolute Gasteiger partial charge is 0.338 e. The van der Waals surface area contributed by atoms with Gasteiger partial charge in [-0.2, -0.15) is 0 Å². The summed E-state index contributed by atoms with van der Waals surface area (Å²) < 4.78 is 18.1. The molecule has 0 aliphatic carbocycles. The van der Waals surface area contributed by atoms with Crippen LogP contribution in [-0.4, -0.2) is 18.5 Å². The second-order valence-electron chi connectivity index (χ2n) is 4.71. The van der Waals surface area contributed by atoms with Gasteiger partial charge in [0.05, 0.1) is 12.2 Å². The molecule has 4 nitrogen and oxygen atoms in total. The number of hydrogen-bond acceptors (Lipinski definition) is 3. The van der Waals surface area contributed by atoms with Crippen LogP contribution < -0.4 is 5.32 Å². The highest BCUT2D eigenvalue weighted by molar-refractivity contribution is 6.05. The quantitative estimate of drug-likeness (QED) is 0.878. The van der Waals surface area contributed by atoms with Gasteiger partial charge in [0.1, 0.15) is 5.82 Å². The molecule has 114 valence electrons. The van der Waals surface area contributed by atoms with Crippen molar-refractivity contribution < 1.29 is 18.7 Å². The average molecular weight is 301 g/mol. The molecule has 0 aromatic heterocycles. The predicted octanol–water partition coefficient (Wildman–Crippen LogP) is 3.56. The molecule has 5 heteroatoms. The zero-order chi connectivity index (χ0) is 16.1. The normalized spacial score (nSPS) is 10.1. The largest absolute Gasteiger partial charge is 0.462 e. The Morgan fingerprint density at radius 2 is 1.91 bits per heavy atom. The Labute approximate surface area is 127 Å². The molecule has 2 aromatic rings. The molecule has 0 atom stereocenters. The summed E-state index contributed by atoms with van der Waals surface area (Å²) in [6.45, 7) is 3.80. The van der Waals surface area contributed by atoms with Crippen LogP contribution in [0.2, 0.25) is 0 Å². The van der Waals surface area contributed by atoms with Crippen molar-refractivity contribution in [3.63, 3.8) is 0 Å². The van der Waals surface area contributed by atoms with E-state index in [0.29, 0.717) is 11.3 Å². The number of amides is 1. The summed E-state index contributed by atoms with van der Waals surface area (Å²) in [5, 5.41) is 2.68. The second-order valence-corrected chi connectivity index (χ2v) is 4.71. The maximum atomic E-state index is 13.2. The lowest BCUT2D eigenvalue weighted by molar-refractivity contribution is 0.0526. The van der Waals surface area contributed by atoms with Gasteiger partial charge in [0.2, 0.25) is 0 Å². The van der Waals surface area contributed by atoms with Gasteiger partial charge in [-0.05, 0) is 49.7 Å². The number of nitrogens with one attached hydrogen (secondary N) is 1. The number of benzene rings is 2. The van der Waals surface area contributed by atoms with Gasteiger partial charge in [-0.1, -0.05) is 12.1 Å². The summed E-state index contributed by atoms with van der Waals surface area (Å²) in [7, 11) is 0. The van der Waals surface area contributed by atoms with Crippen molar-refractivity contribution in [2.45, 2.75) is 13.8 Å². The summed E-state index contributed by atoms with van der Waals surface area (Å²) in [5.41, 5.74) is 1.83. The van der Waals surface area contributed by atoms with Crippen LogP contribution in [-0.2, 0) is 4.74 Å². The fraction of sp³-hybridized carbons (Fsp3) is 0.176. The van der Waals surface area contributed by atoms with E-state index >= 15 is 0 Å². The van der Waals surface area contributed by atoms with Gasteiger partial charge in [0.15, 0.2) is 0 Å². The van der Waals surface area contributed by atoms with Crippen molar-refractivity contribution in [1.29, 1.82) is 0 Å². The molecule has 0 saturated heterocycles. The first-order chi connectivity index (χ1) is 10.5. The van der Waals surface area contributed by atoms with Gasteiger partial charge in [-0.15, -0.1) is 0 Å². The third-order valence-corrected chi connectivity index (χ3v) is 3.08. The SMILES string of the molecule is CCOC(=O)c1ccc(C)c(NC(=O)c2cccc(F)c2)c1. The molecule has 0 spiro atoms. The van der Waals surface area contributed by atoms with Crippen LogP contribution in [0.1, 0.15) is 33.2 Å². The maximum Gasteiger partial charge on any atom is 0.338 e. The minimum Gasteiger partial charge on any atom is -0.462 e. The van der Waals surface area contributed by atoms with Crippen LogP contribution in [0.5, 0.6) is 0 Å². The molecule has 1 N–H and O–H groups in total. The lowest BCUT2D eigenvalue weighted by Gasteiger charge is -2.10. The molecule has 2 aromatic carbocycles. The van der Waals surface area contributed by atoms with Crippen molar-refractivity contribution in [2.75, 3.05) is 11.9 Å². The molecule has 0 radical (unpaired) electrons. The van der Waals surface area contributed by atoms with Crippen molar-refractivity contribution in [2.24, 2.45) is 0 Å². The molecule has 0 fully saturated rings. The average Bonchev–Trinajstić information content (AvgIpc) is 2.49. The first-order valence-corrected chi connectivity index (χ1v) is 6.86. The highest BCUT2D eigenvalue weighted by Gasteiger charge is 2.12. The van der Waals surface area contributed by atoms with Gasteiger partial charge in [-0.25, -0.2) is 9.18 Å². The first kappa shape index (κ1) is 15.7. The minimum atomic E-state index is -0.482. The molecule has 2 rings (SSSR count). The van der Waals surface area contributed by atoms with E-state index in [2.05, 4.69) is 5.32 Å². The predicted molar refractivity (Wildman–Crippen MR) is 81.5 cm³/mol. The van der Waals surface area contributed by atoms with Gasteiger partial charge < -0.3 is 10.1 Å². The van der Waals surface area contributed by atoms with E-state index < -0.39 is 17.7 Å². The first-order valence-electron chi connectivity index (χ1n) is 6.86. The number of hydrogen-bond donors (Lipinski definition) is 1. The Balaban J connectivity index is 2.23. The highest BCUT2D eigenvalue weighted by atomic mass is 19.1. The molecule has 0 heterocycles. The lowest BCUT2D eigenvalue weighted by atomic mass is 10.1. The molecule has 0 aliphatic heterocycles. The van der Waals surface area contributed by atoms with Crippen LogP contribution >= 0.6 is 0 Å². The van der Waals surface area contributed by atoms with Crippen LogP contribution in [0.4, 0.5) is 10.1 Å². The van der Waals surface area contributed by atoms with E-state index in [4.69, 9.17) is 4.74 Å². The highest BCUT2D eigenvalue weighted by Crippen LogP contribution is 2.19. The van der Waals surface area contributed by atoms with Gasteiger partial charge in [0, 0.05) is 11.3 Å². The van der Waals surface area contributed by atoms with Crippen LogP contribution in [0.15, 0.2) is 42.5 Å². The number of aryl methyl sites for hydroxylation is 1. The van der Waals surface area contributed by atoms with E-state index in [1.54, 1.807) is 32.0 Å². The number of halogens is 1. The number of rotatable bonds is 4. The van der Waals surface area contributed by atoms with E-state index in [9.17, 15) is 14.0 Å². The summed E-state index contributed by atoms with van der Waals surface area (Å²) >= 11 is 0. The second kappa shape index (κ2) is 6.85. The van der Waals surface area contributed by atoms with Gasteiger partial charge in [0.25, 0.3) is 5.91 Å². The Morgan fingerprint density at radius 1 is 1.14 bits per heavy atom.